The largest absolute Gasteiger partial charge is 0.497 e. The fourth-order valence-electron chi connectivity index (χ4n) is 3.03. The zero-order chi connectivity index (χ0) is 20.6. The Hall–Kier alpha value is -3.47. The van der Waals surface area contributed by atoms with Gasteiger partial charge in [0, 0.05) is 18.8 Å². The molecule has 5 heteroatoms. The average molecular weight is 390 g/mol. The van der Waals surface area contributed by atoms with Crippen LogP contribution in [-0.2, 0) is 13.1 Å². The molecule has 0 unspecified atom stereocenters. The van der Waals surface area contributed by atoms with Gasteiger partial charge in [-0.05, 0) is 60.0 Å². The van der Waals surface area contributed by atoms with Gasteiger partial charge in [0.05, 0.1) is 14.2 Å². The van der Waals surface area contributed by atoms with Crippen LogP contribution >= 0.6 is 0 Å². The highest BCUT2D eigenvalue weighted by Crippen LogP contribution is 2.18. The lowest BCUT2D eigenvalue weighted by molar-refractivity contribution is 0.206. The van der Waals surface area contributed by atoms with Gasteiger partial charge in [0.1, 0.15) is 11.5 Å². The van der Waals surface area contributed by atoms with Crippen LogP contribution in [0, 0.1) is 6.92 Å². The quantitative estimate of drug-likeness (QED) is 0.600. The molecule has 0 bridgehead atoms. The first-order chi connectivity index (χ1) is 14.1. The SMILES string of the molecule is COc1ccc(CN(Cc2ccc(OC)cc2)C(=O)Nc2cccc(C)c2)cc1. The number of carbonyl (C=O) groups is 1. The summed E-state index contributed by atoms with van der Waals surface area (Å²) in [5.41, 5.74) is 3.93. The fraction of sp³-hybridized carbons (Fsp3) is 0.208. The topological polar surface area (TPSA) is 50.8 Å². The summed E-state index contributed by atoms with van der Waals surface area (Å²) >= 11 is 0. The molecule has 2 amide bonds. The van der Waals surface area contributed by atoms with E-state index in [2.05, 4.69) is 5.32 Å². The molecule has 0 fully saturated rings. The maximum Gasteiger partial charge on any atom is 0.322 e. The Balaban J connectivity index is 1.79. The molecule has 29 heavy (non-hydrogen) atoms. The number of urea groups is 1. The molecule has 0 saturated carbocycles. The Bertz CT molecular complexity index is 888. The van der Waals surface area contributed by atoms with Crippen LogP contribution < -0.4 is 14.8 Å². The van der Waals surface area contributed by atoms with Crippen LogP contribution in [0.1, 0.15) is 16.7 Å². The van der Waals surface area contributed by atoms with Gasteiger partial charge >= 0.3 is 6.03 Å². The standard InChI is InChI=1S/C24H26N2O3/c1-18-5-4-6-21(15-18)25-24(27)26(16-19-7-11-22(28-2)12-8-19)17-20-9-13-23(29-3)14-10-20/h4-15H,16-17H2,1-3H3,(H,25,27). The van der Waals surface area contributed by atoms with Gasteiger partial charge in [-0.25, -0.2) is 4.79 Å². The van der Waals surface area contributed by atoms with Gasteiger partial charge in [0.15, 0.2) is 0 Å². The number of hydrogen-bond acceptors (Lipinski definition) is 3. The highest BCUT2D eigenvalue weighted by molar-refractivity contribution is 5.89. The number of anilines is 1. The van der Waals surface area contributed by atoms with E-state index in [1.165, 1.54) is 0 Å². The molecule has 0 spiro atoms. The lowest BCUT2D eigenvalue weighted by Gasteiger charge is -2.24. The van der Waals surface area contributed by atoms with Crippen LogP contribution in [0.25, 0.3) is 0 Å². The third-order valence-electron chi connectivity index (χ3n) is 4.62. The van der Waals surface area contributed by atoms with Crippen LogP contribution in [0.5, 0.6) is 11.5 Å². The third-order valence-corrected chi connectivity index (χ3v) is 4.62. The number of ether oxygens (including phenoxy) is 2. The second kappa shape index (κ2) is 9.64. The monoisotopic (exact) mass is 390 g/mol. The number of methoxy groups -OCH3 is 2. The Morgan fingerprint density at radius 1 is 0.828 bits per heavy atom. The Morgan fingerprint density at radius 3 is 1.79 bits per heavy atom. The van der Waals surface area contributed by atoms with Gasteiger partial charge in [0.2, 0.25) is 0 Å². The maximum absolute atomic E-state index is 13.0. The van der Waals surface area contributed by atoms with Crippen LogP contribution in [0.4, 0.5) is 10.5 Å². The third kappa shape index (κ3) is 5.75. The highest BCUT2D eigenvalue weighted by atomic mass is 16.5. The van der Waals surface area contributed by atoms with Crippen molar-refractivity contribution in [3.05, 3.63) is 89.5 Å². The molecule has 0 aromatic heterocycles. The zero-order valence-corrected chi connectivity index (χ0v) is 17.0. The summed E-state index contributed by atoms with van der Waals surface area (Å²) < 4.78 is 10.4. The van der Waals surface area contributed by atoms with E-state index in [1.807, 2.05) is 79.7 Å². The number of benzene rings is 3. The minimum atomic E-state index is -0.151. The predicted molar refractivity (Wildman–Crippen MR) is 115 cm³/mol. The zero-order valence-electron chi connectivity index (χ0n) is 17.0. The number of hydrogen-bond donors (Lipinski definition) is 1. The normalized spacial score (nSPS) is 10.3. The van der Waals surface area contributed by atoms with Crippen LogP contribution in [0.2, 0.25) is 0 Å². The van der Waals surface area contributed by atoms with Gasteiger partial charge in [-0.1, -0.05) is 36.4 Å². The van der Waals surface area contributed by atoms with Gasteiger partial charge in [0.25, 0.3) is 0 Å². The van der Waals surface area contributed by atoms with Gasteiger partial charge in [-0.3, -0.25) is 0 Å². The molecule has 1 N–H and O–H groups in total. The van der Waals surface area contributed by atoms with Crippen molar-refractivity contribution in [3.8, 4) is 11.5 Å². The van der Waals surface area contributed by atoms with Crippen LogP contribution in [0.15, 0.2) is 72.8 Å². The summed E-state index contributed by atoms with van der Waals surface area (Å²) in [6.07, 6.45) is 0. The van der Waals surface area contributed by atoms with E-state index in [-0.39, 0.29) is 6.03 Å². The summed E-state index contributed by atoms with van der Waals surface area (Å²) in [4.78, 5) is 14.8. The van der Waals surface area contributed by atoms with E-state index >= 15 is 0 Å². The first-order valence-electron chi connectivity index (χ1n) is 9.46. The molecule has 0 aliphatic carbocycles. The molecule has 0 saturated heterocycles. The van der Waals surface area contributed by atoms with Crippen molar-refractivity contribution in [1.29, 1.82) is 0 Å². The summed E-state index contributed by atoms with van der Waals surface area (Å²) in [5.74, 6) is 1.58. The van der Waals surface area contributed by atoms with E-state index in [0.717, 1.165) is 33.9 Å². The Kier molecular flexibility index (Phi) is 6.74. The number of rotatable bonds is 7. The summed E-state index contributed by atoms with van der Waals surface area (Å²) in [6, 6.07) is 23.1. The molecule has 3 rings (SSSR count). The van der Waals surface area contributed by atoms with Gasteiger partial charge in [-0.2, -0.15) is 0 Å². The molecule has 3 aromatic rings. The fourth-order valence-corrected chi connectivity index (χ4v) is 3.03. The first-order valence-corrected chi connectivity index (χ1v) is 9.46. The van der Waals surface area contributed by atoms with E-state index in [1.54, 1.807) is 19.1 Å². The molecule has 0 radical (unpaired) electrons. The Morgan fingerprint density at radius 2 is 1.34 bits per heavy atom. The lowest BCUT2D eigenvalue weighted by atomic mass is 10.1. The summed E-state index contributed by atoms with van der Waals surface area (Å²) in [5, 5.41) is 3.01. The van der Waals surface area contributed by atoms with E-state index in [0.29, 0.717) is 13.1 Å². The number of carbonyl (C=O) groups excluding carboxylic acids is 1. The van der Waals surface area contributed by atoms with E-state index < -0.39 is 0 Å². The number of amides is 2. The van der Waals surface area contributed by atoms with Crippen molar-refractivity contribution >= 4 is 11.7 Å². The molecule has 150 valence electrons. The smallest absolute Gasteiger partial charge is 0.322 e. The second-order valence-corrected chi connectivity index (χ2v) is 6.85. The molecular weight excluding hydrogens is 364 g/mol. The number of nitrogens with one attached hydrogen (secondary N) is 1. The molecule has 0 atom stereocenters. The number of aryl methyl sites for hydroxylation is 1. The van der Waals surface area contributed by atoms with Crippen molar-refractivity contribution in [2.75, 3.05) is 19.5 Å². The van der Waals surface area contributed by atoms with E-state index in [4.69, 9.17) is 9.47 Å². The van der Waals surface area contributed by atoms with Crippen molar-refractivity contribution < 1.29 is 14.3 Å². The summed E-state index contributed by atoms with van der Waals surface area (Å²) in [7, 11) is 3.28. The van der Waals surface area contributed by atoms with Crippen LogP contribution in [0.3, 0.4) is 0 Å². The van der Waals surface area contributed by atoms with Crippen LogP contribution in [-0.4, -0.2) is 25.2 Å². The average Bonchev–Trinajstić information content (AvgIpc) is 2.74. The number of nitrogens with zero attached hydrogens (tertiary/aromatic N) is 1. The lowest BCUT2D eigenvalue weighted by Crippen LogP contribution is -2.34. The van der Waals surface area contributed by atoms with Crippen molar-refractivity contribution in [2.45, 2.75) is 20.0 Å². The second-order valence-electron chi connectivity index (χ2n) is 6.85. The predicted octanol–water partition coefficient (Wildman–Crippen LogP) is 5.25. The highest BCUT2D eigenvalue weighted by Gasteiger charge is 2.15. The molecule has 0 heterocycles. The summed E-state index contributed by atoms with van der Waals surface area (Å²) in [6.45, 7) is 2.96. The minimum Gasteiger partial charge on any atom is -0.497 e. The molecular formula is C24H26N2O3. The van der Waals surface area contributed by atoms with Gasteiger partial charge in [-0.15, -0.1) is 0 Å². The van der Waals surface area contributed by atoms with E-state index in [9.17, 15) is 4.79 Å². The molecule has 0 aliphatic rings. The van der Waals surface area contributed by atoms with Gasteiger partial charge < -0.3 is 19.7 Å². The first kappa shape index (κ1) is 20.3. The molecule has 0 aliphatic heterocycles. The maximum atomic E-state index is 13.0. The molecule has 5 nitrogen and oxygen atoms in total. The minimum absolute atomic E-state index is 0.151. The van der Waals surface area contributed by atoms with Crippen molar-refractivity contribution in [3.63, 3.8) is 0 Å². The van der Waals surface area contributed by atoms with Crippen molar-refractivity contribution in [1.82, 2.24) is 4.90 Å². The molecule has 3 aromatic carbocycles. The Labute approximate surface area is 171 Å². The van der Waals surface area contributed by atoms with Crippen molar-refractivity contribution in [2.24, 2.45) is 0 Å².